The lowest BCUT2D eigenvalue weighted by atomic mass is 10.1. The van der Waals surface area contributed by atoms with Crippen LogP contribution in [-0.4, -0.2) is 11.9 Å². The Morgan fingerprint density at radius 2 is 1.09 bits per heavy atom. The van der Waals surface area contributed by atoms with Gasteiger partial charge < -0.3 is 15.2 Å². The summed E-state index contributed by atoms with van der Waals surface area (Å²) >= 11 is 0. The van der Waals surface area contributed by atoms with Crippen molar-refractivity contribution in [1.29, 1.82) is 0 Å². The molecule has 0 bridgehead atoms. The molecule has 2 N–H and O–H groups in total. The van der Waals surface area contributed by atoms with Crippen LogP contribution in [-0.2, 0) is 0 Å². The van der Waals surface area contributed by atoms with Crippen LogP contribution in [0.2, 0.25) is 0 Å². The monoisotopic (exact) mass is 433 g/mol. The van der Waals surface area contributed by atoms with Gasteiger partial charge in [0.1, 0.15) is 11.5 Å². The first-order chi connectivity index (χ1) is 16.1. The Morgan fingerprint density at radius 1 is 0.576 bits per heavy atom. The lowest BCUT2D eigenvalue weighted by Crippen LogP contribution is -2.14. The van der Waals surface area contributed by atoms with Gasteiger partial charge in [-0.2, -0.15) is 0 Å². The molecule has 0 heterocycles. The van der Waals surface area contributed by atoms with Crippen LogP contribution < -0.4 is 15.2 Å². The molecule has 0 saturated carbocycles. The Bertz CT molecular complexity index is 1510. The quantitative estimate of drug-likeness (QED) is 0.213. The highest BCUT2D eigenvalue weighted by Crippen LogP contribution is 2.28. The standard InChI is InChI=1S/C28H19NO4/c29-24-17-20(27(30)32-25-13-5-9-18-7-1-3-11-21(18)25)15-16-23(24)28(31)33-26-14-6-10-19-8-2-4-12-22(19)26/h1-17H,29H2. The Balaban J connectivity index is 1.37. The Labute approximate surface area is 190 Å². The molecule has 0 atom stereocenters. The van der Waals surface area contributed by atoms with Gasteiger partial charge in [0.25, 0.3) is 0 Å². The van der Waals surface area contributed by atoms with E-state index in [1.807, 2.05) is 72.8 Å². The van der Waals surface area contributed by atoms with E-state index in [1.165, 1.54) is 18.2 Å². The summed E-state index contributed by atoms with van der Waals surface area (Å²) in [5, 5.41) is 3.58. The fourth-order valence-electron chi connectivity index (χ4n) is 3.76. The first-order valence-electron chi connectivity index (χ1n) is 10.4. The highest BCUT2D eigenvalue weighted by molar-refractivity contribution is 6.01. The Kier molecular flexibility index (Phi) is 5.21. The van der Waals surface area contributed by atoms with Gasteiger partial charge in [0, 0.05) is 16.5 Å². The molecule has 0 aromatic heterocycles. The van der Waals surface area contributed by atoms with Gasteiger partial charge in [-0.1, -0.05) is 72.8 Å². The van der Waals surface area contributed by atoms with Crippen LogP contribution in [0.3, 0.4) is 0 Å². The summed E-state index contributed by atoms with van der Waals surface area (Å²) in [5.41, 5.74) is 6.64. The van der Waals surface area contributed by atoms with Crippen LogP contribution in [0.25, 0.3) is 21.5 Å². The molecule has 0 spiro atoms. The smallest absolute Gasteiger partial charge is 0.345 e. The zero-order valence-electron chi connectivity index (χ0n) is 17.5. The molecule has 5 aromatic rings. The molecule has 0 aliphatic rings. The highest BCUT2D eigenvalue weighted by Gasteiger charge is 2.17. The van der Waals surface area contributed by atoms with E-state index in [0.717, 1.165) is 21.5 Å². The second-order valence-electron chi connectivity index (χ2n) is 7.54. The fraction of sp³-hybridized carbons (Fsp3) is 0. The van der Waals surface area contributed by atoms with Crippen molar-refractivity contribution in [2.45, 2.75) is 0 Å². The normalized spacial score (nSPS) is 10.8. The van der Waals surface area contributed by atoms with Crippen LogP contribution in [0.1, 0.15) is 20.7 Å². The number of nitrogens with two attached hydrogens (primary N) is 1. The number of anilines is 1. The minimum atomic E-state index is -0.599. The molecule has 160 valence electrons. The van der Waals surface area contributed by atoms with Crippen LogP contribution in [0.15, 0.2) is 103 Å². The molecule has 0 radical (unpaired) electrons. The molecule has 5 aromatic carbocycles. The Hall–Kier alpha value is -4.64. The van der Waals surface area contributed by atoms with Crippen molar-refractivity contribution in [3.05, 3.63) is 114 Å². The molecule has 0 aliphatic carbocycles. The largest absolute Gasteiger partial charge is 0.422 e. The van der Waals surface area contributed by atoms with E-state index in [0.29, 0.717) is 11.5 Å². The Morgan fingerprint density at radius 3 is 1.67 bits per heavy atom. The minimum absolute atomic E-state index is 0.132. The van der Waals surface area contributed by atoms with E-state index in [2.05, 4.69) is 0 Å². The summed E-state index contributed by atoms with van der Waals surface area (Å²) < 4.78 is 11.2. The van der Waals surface area contributed by atoms with Gasteiger partial charge in [-0.05, 0) is 41.1 Å². The number of carbonyl (C=O) groups excluding carboxylic acids is 2. The number of nitrogen functional groups attached to an aromatic ring is 1. The predicted molar refractivity (Wildman–Crippen MR) is 129 cm³/mol. The average molecular weight is 433 g/mol. The van der Waals surface area contributed by atoms with E-state index < -0.39 is 11.9 Å². The highest BCUT2D eigenvalue weighted by atomic mass is 16.5. The van der Waals surface area contributed by atoms with Gasteiger partial charge >= 0.3 is 11.9 Å². The lowest BCUT2D eigenvalue weighted by molar-refractivity contribution is 0.0723. The van der Waals surface area contributed by atoms with E-state index in [4.69, 9.17) is 15.2 Å². The summed E-state index contributed by atoms with van der Waals surface area (Å²) in [6, 6.07) is 30.7. The van der Waals surface area contributed by atoms with Crippen molar-refractivity contribution in [3.8, 4) is 11.5 Å². The van der Waals surface area contributed by atoms with Crippen molar-refractivity contribution in [1.82, 2.24) is 0 Å². The zero-order valence-corrected chi connectivity index (χ0v) is 17.5. The molecule has 33 heavy (non-hydrogen) atoms. The number of benzene rings is 5. The third kappa shape index (κ3) is 4.00. The maximum absolute atomic E-state index is 12.8. The summed E-state index contributed by atoms with van der Waals surface area (Å²) in [4.78, 5) is 25.5. The van der Waals surface area contributed by atoms with Gasteiger partial charge in [0.15, 0.2) is 0 Å². The van der Waals surface area contributed by atoms with Gasteiger partial charge in [0.05, 0.1) is 11.1 Å². The topological polar surface area (TPSA) is 78.6 Å². The first kappa shape index (κ1) is 20.3. The van der Waals surface area contributed by atoms with Gasteiger partial charge in [-0.25, -0.2) is 9.59 Å². The van der Waals surface area contributed by atoms with E-state index >= 15 is 0 Å². The fourth-order valence-corrected chi connectivity index (χ4v) is 3.76. The lowest BCUT2D eigenvalue weighted by Gasteiger charge is -2.11. The van der Waals surface area contributed by atoms with E-state index in [1.54, 1.807) is 12.1 Å². The second kappa shape index (κ2) is 8.48. The minimum Gasteiger partial charge on any atom is -0.422 e. The van der Waals surface area contributed by atoms with Gasteiger partial charge in [0.2, 0.25) is 0 Å². The molecule has 0 saturated heterocycles. The molecular weight excluding hydrogens is 414 g/mol. The van der Waals surface area contributed by atoms with Crippen molar-refractivity contribution in [2.24, 2.45) is 0 Å². The molecule has 0 amide bonds. The van der Waals surface area contributed by atoms with Gasteiger partial charge in [-0.15, -0.1) is 0 Å². The summed E-state index contributed by atoms with van der Waals surface area (Å²) in [6.07, 6.45) is 0. The molecule has 0 aliphatic heterocycles. The molecule has 5 nitrogen and oxygen atoms in total. The van der Waals surface area contributed by atoms with Crippen molar-refractivity contribution in [3.63, 3.8) is 0 Å². The number of fused-ring (bicyclic) bond motifs is 2. The first-order valence-corrected chi connectivity index (χ1v) is 10.4. The van der Waals surface area contributed by atoms with Crippen LogP contribution in [0.4, 0.5) is 5.69 Å². The van der Waals surface area contributed by atoms with Crippen molar-refractivity contribution in [2.75, 3.05) is 5.73 Å². The second-order valence-corrected chi connectivity index (χ2v) is 7.54. The number of esters is 2. The van der Waals surface area contributed by atoms with Crippen LogP contribution in [0.5, 0.6) is 11.5 Å². The predicted octanol–water partition coefficient (Wildman–Crippen LogP) is 6.01. The van der Waals surface area contributed by atoms with Crippen LogP contribution in [0, 0.1) is 0 Å². The molecule has 5 rings (SSSR count). The SMILES string of the molecule is Nc1cc(C(=O)Oc2cccc3ccccc23)ccc1C(=O)Oc1cccc2ccccc12. The third-order valence-electron chi connectivity index (χ3n) is 5.41. The number of rotatable bonds is 4. The number of carbonyl (C=O) groups is 2. The van der Waals surface area contributed by atoms with Crippen molar-refractivity contribution >= 4 is 39.2 Å². The number of hydrogen-bond donors (Lipinski definition) is 1. The maximum Gasteiger partial charge on any atom is 0.345 e. The number of ether oxygens (including phenoxy) is 2. The van der Waals surface area contributed by atoms with E-state index in [9.17, 15) is 9.59 Å². The van der Waals surface area contributed by atoms with E-state index in [-0.39, 0.29) is 16.8 Å². The van der Waals surface area contributed by atoms with Crippen LogP contribution >= 0.6 is 0 Å². The third-order valence-corrected chi connectivity index (χ3v) is 5.41. The molecule has 0 unspecified atom stereocenters. The van der Waals surface area contributed by atoms with Crippen molar-refractivity contribution < 1.29 is 19.1 Å². The average Bonchev–Trinajstić information content (AvgIpc) is 2.84. The molecule has 5 heteroatoms. The number of hydrogen-bond acceptors (Lipinski definition) is 5. The summed E-state index contributed by atoms with van der Waals surface area (Å²) in [6.45, 7) is 0. The zero-order chi connectivity index (χ0) is 22.8. The molecular formula is C28H19NO4. The van der Waals surface area contributed by atoms with Gasteiger partial charge in [-0.3, -0.25) is 0 Å². The maximum atomic E-state index is 12.8. The summed E-state index contributed by atoms with van der Waals surface area (Å²) in [7, 11) is 0. The molecule has 0 fully saturated rings. The summed E-state index contributed by atoms with van der Waals surface area (Å²) in [5.74, 6) is -0.266.